The van der Waals surface area contributed by atoms with Gasteiger partial charge in [0.2, 0.25) is 0 Å². The van der Waals surface area contributed by atoms with E-state index in [1.165, 1.54) is 6.20 Å². The lowest BCUT2D eigenvalue weighted by atomic mass is 10.3. The van der Waals surface area contributed by atoms with E-state index in [2.05, 4.69) is 36.5 Å². The van der Waals surface area contributed by atoms with E-state index in [4.69, 9.17) is 5.11 Å². The number of pyridine rings is 1. The molecule has 2 aromatic rings. The molecule has 8 nitrogen and oxygen atoms in total. The molecule has 0 atom stereocenters. The fraction of sp³-hybridized carbons (Fsp3) is 0.182. The Hall–Kier alpha value is -2.29. The number of rotatable bonds is 4. The number of carboxylic acids is 1. The zero-order chi connectivity index (χ0) is 14.7. The summed E-state index contributed by atoms with van der Waals surface area (Å²) in [4.78, 5) is 26.4. The largest absolute Gasteiger partial charge is 0.480 e. The van der Waals surface area contributed by atoms with Gasteiger partial charge < -0.3 is 10.4 Å². The average Bonchev–Trinajstić information content (AvgIpc) is 2.81. The number of nitrogens with one attached hydrogen (secondary N) is 1. The van der Waals surface area contributed by atoms with Crippen LogP contribution in [0.5, 0.6) is 0 Å². The molecule has 0 radical (unpaired) electrons. The number of carboxylic acid groups (broad SMARTS) is 1. The van der Waals surface area contributed by atoms with Crippen LogP contribution in [0.15, 0.2) is 22.9 Å². The number of aliphatic carboxylic acids is 1. The quantitative estimate of drug-likeness (QED) is 0.862. The average molecular weight is 340 g/mol. The van der Waals surface area contributed by atoms with Crippen molar-refractivity contribution in [3.8, 4) is 0 Å². The number of aryl methyl sites for hydroxylation is 1. The number of carbonyl (C=O) groups excluding carboxylic acids is 1. The number of hydrogen-bond donors (Lipinski definition) is 2. The molecule has 0 aliphatic rings. The minimum Gasteiger partial charge on any atom is -0.480 e. The van der Waals surface area contributed by atoms with Crippen LogP contribution in [0, 0.1) is 6.92 Å². The molecule has 2 aromatic heterocycles. The first kappa shape index (κ1) is 14.1. The second-order valence-electron chi connectivity index (χ2n) is 3.97. The predicted molar refractivity (Wildman–Crippen MR) is 72.3 cm³/mol. The molecule has 0 aliphatic carbocycles. The summed E-state index contributed by atoms with van der Waals surface area (Å²) in [6.07, 6.45) is 2.83. The summed E-state index contributed by atoms with van der Waals surface area (Å²) < 4.78 is 1.90. The highest BCUT2D eigenvalue weighted by atomic mass is 79.9. The molecular formula is C11H10BrN5O3. The second kappa shape index (κ2) is 5.78. The van der Waals surface area contributed by atoms with Crippen molar-refractivity contribution >= 4 is 33.6 Å². The molecule has 9 heteroatoms. The molecule has 0 bridgehead atoms. The third kappa shape index (κ3) is 3.38. The fourth-order valence-corrected chi connectivity index (χ4v) is 1.62. The molecular weight excluding hydrogens is 330 g/mol. The number of amides is 1. The Kier molecular flexibility index (Phi) is 4.08. The summed E-state index contributed by atoms with van der Waals surface area (Å²) in [5.74, 6) is -1.19. The highest BCUT2D eigenvalue weighted by molar-refractivity contribution is 9.10. The van der Waals surface area contributed by atoms with E-state index >= 15 is 0 Å². The lowest BCUT2D eigenvalue weighted by Gasteiger charge is -2.03. The normalized spacial score (nSPS) is 10.3. The van der Waals surface area contributed by atoms with Crippen LogP contribution in [0.2, 0.25) is 0 Å². The van der Waals surface area contributed by atoms with E-state index in [0.717, 1.165) is 14.7 Å². The SMILES string of the molecule is Cc1cc(NC(=O)c2cn(CC(=O)O)nn2)ncc1Br. The van der Waals surface area contributed by atoms with Gasteiger partial charge in [-0.1, -0.05) is 5.21 Å². The van der Waals surface area contributed by atoms with E-state index in [0.29, 0.717) is 5.82 Å². The van der Waals surface area contributed by atoms with Gasteiger partial charge in [0.15, 0.2) is 5.69 Å². The summed E-state index contributed by atoms with van der Waals surface area (Å²) in [5, 5.41) is 18.3. The van der Waals surface area contributed by atoms with Crippen molar-refractivity contribution in [2.24, 2.45) is 0 Å². The Bertz CT molecular complexity index is 670. The Balaban J connectivity index is 2.09. The number of anilines is 1. The molecule has 1 amide bonds. The third-order valence-corrected chi connectivity index (χ3v) is 3.19. The monoisotopic (exact) mass is 339 g/mol. The Labute approximate surface area is 121 Å². The molecule has 0 saturated heterocycles. The van der Waals surface area contributed by atoms with Gasteiger partial charge in [-0.15, -0.1) is 5.10 Å². The van der Waals surface area contributed by atoms with Crippen LogP contribution in [0.3, 0.4) is 0 Å². The second-order valence-corrected chi connectivity index (χ2v) is 4.82. The highest BCUT2D eigenvalue weighted by Crippen LogP contribution is 2.17. The van der Waals surface area contributed by atoms with Crippen molar-refractivity contribution in [2.75, 3.05) is 5.32 Å². The highest BCUT2D eigenvalue weighted by Gasteiger charge is 2.13. The van der Waals surface area contributed by atoms with Gasteiger partial charge in [-0.3, -0.25) is 9.59 Å². The Morgan fingerprint density at radius 2 is 2.25 bits per heavy atom. The van der Waals surface area contributed by atoms with Gasteiger partial charge in [0.1, 0.15) is 12.4 Å². The molecule has 0 unspecified atom stereocenters. The molecule has 0 aliphatic heterocycles. The van der Waals surface area contributed by atoms with Gasteiger partial charge in [0, 0.05) is 10.7 Å². The first-order valence-corrected chi connectivity index (χ1v) is 6.30. The van der Waals surface area contributed by atoms with E-state index in [1.807, 2.05) is 6.92 Å². The van der Waals surface area contributed by atoms with Gasteiger partial charge in [-0.2, -0.15) is 0 Å². The number of hydrogen-bond acceptors (Lipinski definition) is 5. The summed E-state index contributed by atoms with van der Waals surface area (Å²) >= 11 is 3.31. The molecule has 104 valence electrons. The lowest BCUT2D eigenvalue weighted by Crippen LogP contribution is -2.13. The van der Waals surface area contributed by atoms with Crippen LogP contribution in [0.25, 0.3) is 0 Å². The van der Waals surface area contributed by atoms with Crippen LogP contribution in [0.1, 0.15) is 16.1 Å². The number of halogens is 1. The van der Waals surface area contributed by atoms with Gasteiger partial charge in [-0.25, -0.2) is 9.67 Å². The number of aromatic nitrogens is 4. The maximum Gasteiger partial charge on any atom is 0.325 e. The topological polar surface area (TPSA) is 110 Å². The van der Waals surface area contributed by atoms with Crippen LogP contribution in [-0.2, 0) is 11.3 Å². The van der Waals surface area contributed by atoms with Gasteiger partial charge in [0.05, 0.1) is 6.20 Å². The minimum absolute atomic E-state index is 0.0219. The van der Waals surface area contributed by atoms with Crippen LogP contribution >= 0.6 is 15.9 Å². The van der Waals surface area contributed by atoms with Crippen molar-refractivity contribution in [1.29, 1.82) is 0 Å². The van der Waals surface area contributed by atoms with Crippen LogP contribution < -0.4 is 5.32 Å². The zero-order valence-electron chi connectivity index (χ0n) is 10.4. The maximum absolute atomic E-state index is 11.9. The van der Waals surface area contributed by atoms with Crippen LogP contribution in [-0.4, -0.2) is 37.0 Å². The molecule has 0 spiro atoms. The maximum atomic E-state index is 11.9. The zero-order valence-corrected chi connectivity index (χ0v) is 12.0. The molecule has 0 fully saturated rings. The molecule has 0 saturated carbocycles. The molecule has 2 heterocycles. The predicted octanol–water partition coefficient (Wildman–Crippen LogP) is 1.08. The van der Waals surface area contributed by atoms with Crippen molar-refractivity contribution in [3.63, 3.8) is 0 Å². The van der Waals surface area contributed by atoms with Gasteiger partial charge >= 0.3 is 5.97 Å². The standard InChI is InChI=1S/C11H10BrN5O3/c1-6-2-9(13-3-7(6)12)14-11(20)8-4-17(16-15-8)5-10(18)19/h2-4H,5H2,1H3,(H,18,19)(H,13,14,20). The van der Waals surface area contributed by atoms with E-state index in [1.54, 1.807) is 12.3 Å². The van der Waals surface area contributed by atoms with Crippen molar-refractivity contribution in [1.82, 2.24) is 20.0 Å². The van der Waals surface area contributed by atoms with E-state index in [9.17, 15) is 9.59 Å². The number of carbonyl (C=O) groups is 2. The summed E-state index contributed by atoms with van der Waals surface area (Å²) in [6.45, 7) is 1.51. The smallest absolute Gasteiger partial charge is 0.325 e. The van der Waals surface area contributed by atoms with E-state index < -0.39 is 11.9 Å². The molecule has 2 rings (SSSR count). The lowest BCUT2D eigenvalue weighted by molar-refractivity contribution is -0.137. The Morgan fingerprint density at radius 3 is 2.90 bits per heavy atom. The summed E-state index contributed by atoms with van der Waals surface area (Å²) in [5.41, 5.74) is 0.943. The van der Waals surface area contributed by atoms with Crippen LogP contribution in [0.4, 0.5) is 5.82 Å². The first-order chi connectivity index (χ1) is 9.45. The van der Waals surface area contributed by atoms with Gasteiger partial charge in [-0.05, 0) is 34.5 Å². The number of nitrogens with zero attached hydrogens (tertiary/aromatic N) is 4. The molecule has 0 aromatic carbocycles. The van der Waals surface area contributed by atoms with Crippen molar-refractivity contribution in [3.05, 3.63) is 34.2 Å². The van der Waals surface area contributed by atoms with Gasteiger partial charge in [0.25, 0.3) is 5.91 Å². The molecule has 2 N–H and O–H groups in total. The summed E-state index contributed by atoms with van der Waals surface area (Å²) in [7, 11) is 0. The first-order valence-electron chi connectivity index (χ1n) is 5.51. The van der Waals surface area contributed by atoms with E-state index in [-0.39, 0.29) is 12.2 Å². The minimum atomic E-state index is -1.06. The van der Waals surface area contributed by atoms with Crippen molar-refractivity contribution in [2.45, 2.75) is 13.5 Å². The summed E-state index contributed by atoms with van der Waals surface area (Å²) in [6, 6.07) is 1.70. The molecule has 20 heavy (non-hydrogen) atoms. The van der Waals surface area contributed by atoms with Crippen molar-refractivity contribution < 1.29 is 14.7 Å². The fourth-order valence-electron chi connectivity index (χ4n) is 1.41. The Morgan fingerprint density at radius 1 is 1.50 bits per heavy atom. The third-order valence-electron chi connectivity index (χ3n) is 2.36.